The van der Waals surface area contributed by atoms with Crippen LogP contribution in [0.4, 0.5) is 0 Å². The molecule has 6 nitrogen and oxygen atoms in total. The predicted molar refractivity (Wildman–Crippen MR) is 76.8 cm³/mol. The van der Waals surface area contributed by atoms with Crippen LogP contribution in [0.1, 0.15) is 23.3 Å². The van der Waals surface area contributed by atoms with Crippen molar-refractivity contribution in [3.05, 3.63) is 40.7 Å². The Hall–Kier alpha value is -1.50. The summed E-state index contributed by atoms with van der Waals surface area (Å²) in [6.45, 7) is 3.07. The van der Waals surface area contributed by atoms with Crippen LogP contribution in [0.25, 0.3) is 0 Å². The average molecular weight is 296 g/mol. The zero-order valence-corrected chi connectivity index (χ0v) is 12.6. The molecule has 1 atom stereocenters. The number of ether oxygens (including phenoxy) is 1. The number of halogens is 1. The Labute approximate surface area is 123 Å². The molecule has 20 heavy (non-hydrogen) atoms. The Morgan fingerprint density at radius 2 is 2.30 bits per heavy atom. The van der Waals surface area contributed by atoms with E-state index in [1.54, 1.807) is 19.5 Å². The number of aryl methyl sites for hydroxylation is 1. The third-order valence-corrected chi connectivity index (χ3v) is 3.29. The van der Waals surface area contributed by atoms with Crippen LogP contribution in [0.3, 0.4) is 0 Å². The lowest BCUT2D eigenvalue weighted by molar-refractivity contribution is 0.182. The fraction of sp³-hybridized carbons (Fsp3) is 0.462. The number of methoxy groups -OCH3 is 1. The van der Waals surface area contributed by atoms with Crippen LogP contribution >= 0.6 is 11.6 Å². The number of nitrogens with zero attached hydrogens (tertiary/aromatic N) is 4. The molecule has 0 radical (unpaired) electrons. The van der Waals surface area contributed by atoms with E-state index in [1.165, 1.54) is 0 Å². The molecule has 0 spiro atoms. The van der Waals surface area contributed by atoms with Crippen LogP contribution in [0.15, 0.2) is 18.5 Å². The van der Waals surface area contributed by atoms with Crippen LogP contribution in [0.2, 0.25) is 5.02 Å². The highest BCUT2D eigenvalue weighted by Crippen LogP contribution is 2.26. The van der Waals surface area contributed by atoms with Crippen molar-refractivity contribution >= 4 is 11.6 Å². The number of nitrogens with one attached hydrogen (secondary N) is 1. The highest BCUT2D eigenvalue weighted by atomic mass is 35.5. The maximum Gasteiger partial charge on any atom is 0.125 e. The topological polar surface area (TPSA) is 64.9 Å². The molecule has 0 amide bonds. The summed E-state index contributed by atoms with van der Waals surface area (Å²) in [5, 5.41) is 8.13. The Kier molecular flexibility index (Phi) is 5.05. The van der Waals surface area contributed by atoms with E-state index in [9.17, 15) is 0 Å². The molecule has 0 saturated heterocycles. The van der Waals surface area contributed by atoms with Crippen molar-refractivity contribution in [2.45, 2.75) is 19.5 Å². The van der Waals surface area contributed by atoms with Crippen LogP contribution in [-0.4, -0.2) is 40.5 Å². The van der Waals surface area contributed by atoms with Crippen LogP contribution in [0.5, 0.6) is 0 Å². The average Bonchev–Trinajstić information content (AvgIpc) is 2.79. The van der Waals surface area contributed by atoms with Gasteiger partial charge in [-0.1, -0.05) is 11.6 Å². The maximum atomic E-state index is 6.28. The zero-order valence-electron chi connectivity index (χ0n) is 11.8. The van der Waals surface area contributed by atoms with Gasteiger partial charge in [-0.2, -0.15) is 5.10 Å². The van der Waals surface area contributed by atoms with E-state index < -0.39 is 0 Å². The van der Waals surface area contributed by atoms with Crippen molar-refractivity contribution in [3.63, 3.8) is 0 Å². The van der Waals surface area contributed by atoms with E-state index in [-0.39, 0.29) is 6.04 Å². The molecule has 0 aliphatic heterocycles. The maximum absolute atomic E-state index is 6.28. The largest absolute Gasteiger partial charge is 0.383 e. The van der Waals surface area contributed by atoms with Gasteiger partial charge in [-0.3, -0.25) is 4.68 Å². The number of hydrogen-bond acceptors (Lipinski definition) is 5. The number of aromatic nitrogens is 4. The van der Waals surface area contributed by atoms with E-state index in [1.807, 2.05) is 24.7 Å². The van der Waals surface area contributed by atoms with Gasteiger partial charge in [0, 0.05) is 13.3 Å². The van der Waals surface area contributed by atoms with Gasteiger partial charge in [-0.25, -0.2) is 9.97 Å². The lowest BCUT2D eigenvalue weighted by atomic mass is 10.1. The van der Waals surface area contributed by atoms with E-state index in [4.69, 9.17) is 16.3 Å². The molecule has 1 unspecified atom stereocenters. The van der Waals surface area contributed by atoms with Crippen molar-refractivity contribution in [2.75, 3.05) is 20.8 Å². The van der Waals surface area contributed by atoms with Gasteiger partial charge in [0.05, 0.1) is 41.8 Å². The molecule has 0 aliphatic rings. The molecule has 0 aromatic carbocycles. The van der Waals surface area contributed by atoms with Gasteiger partial charge in [-0.05, 0) is 20.0 Å². The fourth-order valence-electron chi connectivity index (χ4n) is 2.07. The highest BCUT2D eigenvalue weighted by Gasteiger charge is 2.22. The lowest BCUT2D eigenvalue weighted by Crippen LogP contribution is -2.24. The van der Waals surface area contributed by atoms with Gasteiger partial charge in [0.25, 0.3) is 0 Å². The number of hydrogen-bond donors (Lipinski definition) is 1. The molecule has 0 bridgehead atoms. The second-order valence-corrected chi connectivity index (χ2v) is 4.75. The molecule has 1 N–H and O–H groups in total. The first kappa shape index (κ1) is 14.9. The predicted octanol–water partition coefficient (Wildman–Crippen LogP) is 1.59. The fourth-order valence-corrected chi connectivity index (χ4v) is 2.33. The van der Waals surface area contributed by atoms with Crippen LogP contribution < -0.4 is 5.32 Å². The smallest absolute Gasteiger partial charge is 0.125 e. The monoisotopic (exact) mass is 295 g/mol. The molecule has 2 aromatic heterocycles. The summed E-state index contributed by atoms with van der Waals surface area (Å²) < 4.78 is 6.94. The van der Waals surface area contributed by atoms with Gasteiger partial charge in [0.2, 0.25) is 0 Å². The lowest BCUT2D eigenvalue weighted by Gasteiger charge is -2.18. The second kappa shape index (κ2) is 6.78. The third kappa shape index (κ3) is 3.15. The molecule has 2 aromatic rings. The van der Waals surface area contributed by atoms with Crippen molar-refractivity contribution in [1.29, 1.82) is 0 Å². The molecule has 0 fully saturated rings. The first-order valence-electron chi connectivity index (χ1n) is 6.34. The van der Waals surface area contributed by atoms with E-state index in [0.29, 0.717) is 18.2 Å². The van der Waals surface area contributed by atoms with Crippen molar-refractivity contribution in [1.82, 2.24) is 25.1 Å². The summed E-state index contributed by atoms with van der Waals surface area (Å²) in [4.78, 5) is 8.58. The van der Waals surface area contributed by atoms with Crippen molar-refractivity contribution in [3.8, 4) is 0 Å². The molecular weight excluding hydrogens is 278 g/mol. The van der Waals surface area contributed by atoms with Crippen LogP contribution in [-0.2, 0) is 11.3 Å². The van der Waals surface area contributed by atoms with Gasteiger partial charge in [-0.15, -0.1) is 0 Å². The normalized spacial score (nSPS) is 12.6. The van der Waals surface area contributed by atoms with E-state index in [2.05, 4.69) is 20.4 Å². The molecule has 0 saturated carbocycles. The van der Waals surface area contributed by atoms with E-state index >= 15 is 0 Å². The number of rotatable bonds is 6. The Morgan fingerprint density at radius 1 is 1.50 bits per heavy atom. The van der Waals surface area contributed by atoms with Crippen molar-refractivity contribution in [2.24, 2.45) is 0 Å². The molecule has 2 heterocycles. The summed E-state index contributed by atoms with van der Waals surface area (Å²) in [6.07, 6.45) is 3.39. The molecular formula is C13H18ClN5O. The second-order valence-electron chi connectivity index (χ2n) is 4.34. The van der Waals surface area contributed by atoms with E-state index in [0.717, 1.165) is 17.2 Å². The SMILES string of the molecule is CNC(c1ccnc(C)n1)c1c(Cl)cnn1CCOC. The first-order chi connectivity index (χ1) is 9.67. The quantitative estimate of drug-likeness (QED) is 0.877. The van der Waals surface area contributed by atoms with Gasteiger partial charge >= 0.3 is 0 Å². The minimum Gasteiger partial charge on any atom is -0.383 e. The standard InChI is InChI=1S/C13H18ClN5O/c1-9-16-5-4-11(18-9)12(15-2)13-10(14)8-17-19(13)6-7-20-3/h4-5,8,12,15H,6-7H2,1-3H3. The Balaban J connectivity index is 2.38. The summed E-state index contributed by atoms with van der Waals surface area (Å²) in [5.74, 6) is 0.724. The molecule has 108 valence electrons. The summed E-state index contributed by atoms with van der Waals surface area (Å²) >= 11 is 6.28. The molecule has 2 rings (SSSR count). The van der Waals surface area contributed by atoms with Crippen LogP contribution in [0, 0.1) is 6.92 Å². The Morgan fingerprint density at radius 3 is 2.95 bits per heavy atom. The van der Waals surface area contributed by atoms with Crippen molar-refractivity contribution < 1.29 is 4.74 Å². The third-order valence-electron chi connectivity index (χ3n) is 3.00. The zero-order chi connectivity index (χ0) is 14.5. The van der Waals surface area contributed by atoms with Gasteiger partial charge < -0.3 is 10.1 Å². The van der Waals surface area contributed by atoms with Gasteiger partial charge in [0.1, 0.15) is 5.82 Å². The van der Waals surface area contributed by atoms with Gasteiger partial charge in [0.15, 0.2) is 0 Å². The summed E-state index contributed by atoms with van der Waals surface area (Å²) in [7, 11) is 3.53. The Bertz CT molecular complexity index is 572. The minimum absolute atomic E-state index is 0.136. The molecule has 7 heteroatoms. The summed E-state index contributed by atoms with van der Waals surface area (Å²) in [5.41, 5.74) is 1.74. The summed E-state index contributed by atoms with van der Waals surface area (Å²) in [6, 6.07) is 1.74. The highest BCUT2D eigenvalue weighted by molar-refractivity contribution is 6.31. The first-order valence-corrected chi connectivity index (χ1v) is 6.72. The molecule has 0 aliphatic carbocycles. The minimum atomic E-state index is -0.136.